The van der Waals surface area contributed by atoms with Crippen LogP contribution >= 0.6 is 11.6 Å². The van der Waals surface area contributed by atoms with Crippen molar-refractivity contribution in [3.8, 4) is 0 Å². The second-order valence-electron chi connectivity index (χ2n) is 5.51. The molecule has 18 heavy (non-hydrogen) atoms. The number of aliphatic hydroxyl groups is 1. The van der Waals surface area contributed by atoms with Crippen LogP contribution in [0.1, 0.15) is 39.1 Å². The van der Waals surface area contributed by atoms with Crippen molar-refractivity contribution < 1.29 is 5.11 Å². The quantitative estimate of drug-likeness (QED) is 0.827. The van der Waals surface area contributed by atoms with Gasteiger partial charge in [-0.2, -0.15) is 0 Å². The number of aryl methyl sites for hydroxylation is 1. The van der Waals surface area contributed by atoms with E-state index in [0.29, 0.717) is 17.5 Å². The molecule has 0 spiro atoms. The van der Waals surface area contributed by atoms with Gasteiger partial charge in [-0.25, -0.2) is 9.97 Å². The number of halogens is 1. The van der Waals surface area contributed by atoms with Crippen molar-refractivity contribution in [2.75, 3.05) is 11.9 Å². The standard InChI is InChI=1S/C13H22ClN3O/c1-6-9-11(14)16-8(2)17-12(9)15-7-10(18)13(3,4)5/h10,18H,6-7H2,1-5H3,(H,15,16,17). The van der Waals surface area contributed by atoms with Crippen LogP contribution in [0.4, 0.5) is 5.82 Å². The molecule has 0 aliphatic carbocycles. The lowest BCUT2D eigenvalue weighted by Gasteiger charge is -2.26. The fraction of sp³-hybridized carbons (Fsp3) is 0.692. The van der Waals surface area contributed by atoms with Gasteiger partial charge in [0.1, 0.15) is 16.8 Å². The van der Waals surface area contributed by atoms with Crippen LogP contribution < -0.4 is 5.32 Å². The third-order valence-corrected chi connectivity index (χ3v) is 3.20. The highest BCUT2D eigenvalue weighted by Crippen LogP contribution is 2.23. The van der Waals surface area contributed by atoms with E-state index in [1.165, 1.54) is 0 Å². The van der Waals surface area contributed by atoms with E-state index >= 15 is 0 Å². The van der Waals surface area contributed by atoms with Crippen molar-refractivity contribution in [2.45, 2.75) is 47.1 Å². The van der Waals surface area contributed by atoms with E-state index in [1.54, 1.807) is 6.92 Å². The molecular formula is C13H22ClN3O. The molecule has 5 heteroatoms. The summed E-state index contributed by atoms with van der Waals surface area (Å²) in [6, 6.07) is 0. The molecular weight excluding hydrogens is 250 g/mol. The third kappa shape index (κ3) is 3.82. The molecule has 0 saturated heterocycles. The Hall–Kier alpha value is -0.870. The smallest absolute Gasteiger partial charge is 0.138 e. The average Bonchev–Trinajstić information content (AvgIpc) is 2.23. The number of hydrogen-bond donors (Lipinski definition) is 2. The minimum atomic E-state index is -0.448. The molecule has 2 N–H and O–H groups in total. The molecule has 0 fully saturated rings. The fourth-order valence-corrected chi connectivity index (χ4v) is 1.87. The highest BCUT2D eigenvalue weighted by atomic mass is 35.5. The van der Waals surface area contributed by atoms with Gasteiger partial charge in [0.25, 0.3) is 0 Å². The SMILES string of the molecule is CCc1c(Cl)nc(C)nc1NCC(O)C(C)(C)C. The van der Waals surface area contributed by atoms with E-state index in [4.69, 9.17) is 11.6 Å². The zero-order chi connectivity index (χ0) is 13.9. The molecule has 0 saturated carbocycles. The average molecular weight is 272 g/mol. The molecule has 0 amide bonds. The van der Waals surface area contributed by atoms with Gasteiger partial charge in [-0.15, -0.1) is 0 Å². The Morgan fingerprint density at radius 3 is 2.44 bits per heavy atom. The van der Waals surface area contributed by atoms with Crippen molar-refractivity contribution >= 4 is 17.4 Å². The Balaban J connectivity index is 2.85. The summed E-state index contributed by atoms with van der Waals surface area (Å²) in [4.78, 5) is 8.47. The van der Waals surface area contributed by atoms with Crippen LogP contribution in [0.3, 0.4) is 0 Å². The summed E-state index contributed by atoms with van der Waals surface area (Å²) in [7, 11) is 0. The first-order valence-corrected chi connectivity index (χ1v) is 6.58. The summed E-state index contributed by atoms with van der Waals surface area (Å²) in [5.74, 6) is 1.35. The highest BCUT2D eigenvalue weighted by molar-refractivity contribution is 6.30. The van der Waals surface area contributed by atoms with Crippen LogP contribution in [0.2, 0.25) is 5.15 Å². The molecule has 0 bridgehead atoms. The highest BCUT2D eigenvalue weighted by Gasteiger charge is 2.22. The van der Waals surface area contributed by atoms with Crippen molar-refractivity contribution in [1.29, 1.82) is 0 Å². The van der Waals surface area contributed by atoms with Gasteiger partial charge in [-0.3, -0.25) is 0 Å². The first kappa shape index (κ1) is 15.2. The second kappa shape index (κ2) is 5.85. The Bertz CT molecular complexity index is 415. The Labute approximate surface area is 114 Å². The topological polar surface area (TPSA) is 58.0 Å². The molecule has 1 unspecified atom stereocenters. The molecule has 102 valence electrons. The first-order valence-electron chi connectivity index (χ1n) is 6.20. The van der Waals surface area contributed by atoms with E-state index in [0.717, 1.165) is 17.8 Å². The monoisotopic (exact) mass is 271 g/mol. The van der Waals surface area contributed by atoms with E-state index in [9.17, 15) is 5.11 Å². The van der Waals surface area contributed by atoms with Gasteiger partial charge >= 0.3 is 0 Å². The van der Waals surface area contributed by atoms with Crippen molar-refractivity contribution in [1.82, 2.24) is 9.97 Å². The Morgan fingerprint density at radius 2 is 1.94 bits per heavy atom. The van der Waals surface area contributed by atoms with Gasteiger partial charge in [0, 0.05) is 12.1 Å². The van der Waals surface area contributed by atoms with Gasteiger partial charge in [-0.05, 0) is 18.8 Å². The van der Waals surface area contributed by atoms with Crippen molar-refractivity contribution in [2.24, 2.45) is 5.41 Å². The van der Waals surface area contributed by atoms with Gasteiger partial charge in [-0.1, -0.05) is 39.3 Å². The number of nitrogens with one attached hydrogen (secondary N) is 1. The fourth-order valence-electron chi connectivity index (χ4n) is 1.52. The largest absolute Gasteiger partial charge is 0.391 e. The van der Waals surface area contributed by atoms with Gasteiger partial charge in [0.15, 0.2) is 0 Å². The molecule has 4 nitrogen and oxygen atoms in total. The zero-order valence-corrected chi connectivity index (χ0v) is 12.5. The molecule has 1 heterocycles. The molecule has 0 aromatic carbocycles. The Kier molecular flexibility index (Phi) is 4.93. The van der Waals surface area contributed by atoms with Crippen molar-refractivity contribution in [3.63, 3.8) is 0 Å². The molecule has 0 aliphatic heterocycles. The number of rotatable bonds is 4. The molecule has 1 aromatic heterocycles. The summed E-state index contributed by atoms with van der Waals surface area (Å²) in [6.45, 7) is 10.3. The lowest BCUT2D eigenvalue weighted by molar-refractivity contribution is 0.0745. The van der Waals surface area contributed by atoms with Gasteiger partial charge < -0.3 is 10.4 Å². The van der Waals surface area contributed by atoms with Crippen LogP contribution in [0.5, 0.6) is 0 Å². The van der Waals surface area contributed by atoms with Crippen LogP contribution in [0, 0.1) is 12.3 Å². The summed E-state index contributed by atoms with van der Waals surface area (Å²) < 4.78 is 0. The van der Waals surface area contributed by atoms with E-state index in [2.05, 4.69) is 15.3 Å². The van der Waals surface area contributed by atoms with Crippen LogP contribution in [0.25, 0.3) is 0 Å². The lowest BCUT2D eigenvalue weighted by atomic mass is 9.89. The predicted octanol–water partition coefficient (Wildman–Crippen LogP) is 2.82. The summed E-state index contributed by atoms with van der Waals surface area (Å²) >= 11 is 6.09. The summed E-state index contributed by atoms with van der Waals surface area (Å²) in [6.07, 6.45) is 0.309. The first-order chi connectivity index (χ1) is 8.25. The minimum Gasteiger partial charge on any atom is -0.391 e. The maximum absolute atomic E-state index is 10.0. The maximum Gasteiger partial charge on any atom is 0.138 e. The normalized spacial score (nSPS) is 13.5. The number of aromatic nitrogens is 2. The molecule has 1 atom stereocenters. The van der Waals surface area contributed by atoms with Crippen molar-refractivity contribution in [3.05, 3.63) is 16.5 Å². The van der Waals surface area contributed by atoms with E-state index in [-0.39, 0.29) is 5.41 Å². The molecule has 0 radical (unpaired) electrons. The van der Waals surface area contributed by atoms with Crippen LogP contribution in [-0.4, -0.2) is 27.7 Å². The zero-order valence-electron chi connectivity index (χ0n) is 11.7. The second-order valence-corrected chi connectivity index (χ2v) is 5.86. The maximum atomic E-state index is 10.0. The number of aliphatic hydroxyl groups excluding tert-OH is 1. The van der Waals surface area contributed by atoms with Crippen LogP contribution in [-0.2, 0) is 6.42 Å². The number of hydrogen-bond acceptors (Lipinski definition) is 4. The lowest BCUT2D eigenvalue weighted by Crippen LogP contribution is -2.33. The summed E-state index contributed by atoms with van der Waals surface area (Å²) in [5.41, 5.74) is 0.731. The summed E-state index contributed by atoms with van der Waals surface area (Å²) in [5, 5.41) is 13.7. The Morgan fingerprint density at radius 1 is 1.33 bits per heavy atom. The minimum absolute atomic E-state index is 0.161. The number of anilines is 1. The molecule has 0 aliphatic rings. The molecule has 1 aromatic rings. The third-order valence-electron chi connectivity index (χ3n) is 2.88. The van der Waals surface area contributed by atoms with E-state index in [1.807, 2.05) is 27.7 Å². The predicted molar refractivity (Wildman–Crippen MR) is 75.1 cm³/mol. The van der Waals surface area contributed by atoms with E-state index < -0.39 is 6.10 Å². The van der Waals surface area contributed by atoms with Gasteiger partial charge in [0.05, 0.1) is 6.10 Å². The number of nitrogens with zero attached hydrogens (tertiary/aromatic N) is 2. The van der Waals surface area contributed by atoms with Gasteiger partial charge in [0.2, 0.25) is 0 Å². The van der Waals surface area contributed by atoms with Crippen LogP contribution in [0.15, 0.2) is 0 Å². The molecule has 1 rings (SSSR count).